The van der Waals surface area contributed by atoms with Crippen molar-refractivity contribution in [1.82, 2.24) is 9.46 Å². The first kappa shape index (κ1) is 12.5. The van der Waals surface area contributed by atoms with Crippen LogP contribution in [-0.2, 0) is 15.0 Å². The van der Waals surface area contributed by atoms with Crippen LogP contribution in [0.4, 0.5) is 5.82 Å². The monoisotopic (exact) mass is 249 g/mol. The summed E-state index contributed by atoms with van der Waals surface area (Å²) in [6.07, 6.45) is 0. The zero-order chi connectivity index (χ0) is 12.3. The van der Waals surface area contributed by atoms with E-state index in [2.05, 4.69) is 14.4 Å². The second kappa shape index (κ2) is 4.49. The summed E-state index contributed by atoms with van der Waals surface area (Å²) in [6.45, 7) is 0.970. The average molecular weight is 249 g/mol. The molecule has 0 spiro atoms. The summed E-state index contributed by atoms with van der Waals surface area (Å²) in [4.78, 5) is 10.3. The van der Waals surface area contributed by atoms with Crippen molar-refractivity contribution in [3.63, 3.8) is 0 Å². The highest BCUT2D eigenvalue weighted by atomic mass is 32.2. The van der Waals surface area contributed by atoms with Gasteiger partial charge in [0.05, 0.1) is 0 Å². The van der Waals surface area contributed by atoms with Crippen molar-refractivity contribution in [2.45, 2.75) is 6.92 Å². The first-order valence-electron chi connectivity index (χ1n) is 4.20. The van der Waals surface area contributed by atoms with Gasteiger partial charge in [0, 0.05) is 13.1 Å². The van der Waals surface area contributed by atoms with Crippen molar-refractivity contribution in [2.24, 2.45) is 0 Å². The number of aromatic nitrogens is 1. The van der Waals surface area contributed by atoms with Crippen LogP contribution < -0.4 is 4.72 Å². The second-order valence-corrected chi connectivity index (χ2v) is 4.86. The molecule has 1 aromatic heterocycles. The molecular weight excluding hydrogens is 238 g/mol. The highest BCUT2D eigenvalue weighted by Gasteiger charge is 2.21. The minimum absolute atomic E-state index is 0.00902. The van der Waals surface area contributed by atoms with Gasteiger partial charge in [0.25, 0.3) is 0 Å². The summed E-state index contributed by atoms with van der Waals surface area (Å²) >= 11 is 0. The van der Waals surface area contributed by atoms with Gasteiger partial charge in [-0.25, -0.2) is 0 Å². The number of hydrogen-bond donors (Lipinski definition) is 2. The molecule has 1 rings (SSSR count). The van der Waals surface area contributed by atoms with Gasteiger partial charge in [-0.3, -0.25) is 9.52 Å². The third-order valence-corrected chi connectivity index (χ3v) is 3.05. The van der Waals surface area contributed by atoms with E-state index in [-0.39, 0.29) is 5.82 Å². The number of hydrogen-bond acceptors (Lipinski definition) is 5. The average Bonchev–Trinajstić information content (AvgIpc) is 2.49. The number of nitrogens with one attached hydrogen (secondary N) is 1. The first-order chi connectivity index (χ1) is 7.31. The Morgan fingerprint density at radius 1 is 1.69 bits per heavy atom. The molecule has 0 aromatic carbocycles. The molecule has 0 radical (unpaired) electrons. The van der Waals surface area contributed by atoms with Crippen molar-refractivity contribution in [1.29, 1.82) is 0 Å². The molecule has 8 nitrogen and oxygen atoms in total. The maximum Gasteiger partial charge on any atom is 0.318 e. The Balaban J connectivity index is 2.75. The van der Waals surface area contributed by atoms with Crippen LogP contribution in [0.15, 0.2) is 10.6 Å². The number of carboxylic acids is 1. The van der Waals surface area contributed by atoms with Gasteiger partial charge in [0.15, 0.2) is 5.82 Å². The molecule has 0 amide bonds. The fraction of sp³-hybridized carbons (Fsp3) is 0.429. The molecule has 1 aromatic rings. The van der Waals surface area contributed by atoms with Crippen LogP contribution >= 0.6 is 0 Å². The molecule has 0 unspecified atom stereocenters. The molecule has 0 fully saturated rings. The first-order valence-corrected chi connectivity index (χ1v) is 5.64. The highest BCUT2D eigenvalue weighted by molar-refractivity contribution is 7.90. The summed E-state index contributed by atoms with van der Waals surface area (Å²) in [6, 6.07) is 1.38. The Bertz CT molecular complexity index is 480. The van der Waals surface area contributed by atoms with Gasteiger partial charge >= 0.3 is 16.2 Å². The van der Waals surface area contributed by atoms with Gasteiger partial charge in [-0.05, 0) is 6.92 Å². The van der Waals surface area contributed by atoms with Gasteiger partial charge in [0.1, 0.15) is 12.3 Å². The normalized spacial score (nSPS) is 11.7. The SMILES string of the molecule is Cc1cc(NS(=O)(=O)N(C)CC(=O)O)no1. The lowest BCUT2D eigenvalue weighted by Gasteiger charge is -2.14. The number of rotatable bonds is 5. The second-order valence-electron chi connectivity index (χ2n) is 3.08. The summed E-state index contributed by atoms with van der Waals surface area (Å²) in [5.41, 5.74) is 0. The molecule has 90 valence electrons. The number of carbonyl (C=O) groups is 1. The van der Waals surface area contributed by atoms with E-state index >= 15 is 0 Å². The molecule has 0 aliphatic rings. The van der Waals surface area contributed by atoms with E-state index in [0.29, 0.717) is 10.1 Å². The minimum atomic E-state index is -3.92. The van der Waals surface area contributed by atoms with Gasteiger partial charge in [-0.15, -0.1) is 0 Å². The van der Waals surface area contributed by atoms with Crippen LogP contribution in [0.3, 0.4) is 0 Å². The molecule has 0 saturated heterocycles. The summed E-state index contributed by atoms with van der Waals surface area (Å²) < 4.78 is 30.4. The zero-order valence-electron chi connectivity index (χ0n) is 8.67. The van der Waals surface area contributed by atoms with Crippen LogP contribution in [-0.4, -0.2) is 42.5 Å². The lowest BCUT2D eigenvalue weighted by atomic mass is 10.5. The molecule has 0 aliphatic heterocycles. The van der Waals surface area contributed by atoms with Gasteiger partial charge in [-0.2, -0.15) is 12.7 Å². The third-order valence-electron chi connectivity index (χ3n) is 1.63. The van der Waals surface area contributed by atoms with Crippen molar-refractivity contribution in [3.05, 3.63) is 11.8 Å². The van der Waals surface area contributed by atoms with Gasteiger partial charge in [-0.1, -0.05) is 5.16 Å². The Kier molecular flexibility index (Phi) is 3.50. The number of nitrogens with zero attached hydrogens (tertiary/aromatic N) is 2. The molecule has 0 atom stereocenters. The number of anilines is 1. The highest BCUT2D eigenvalue weighted by Crippen LogP contribution is 2.10. The van der Waals surface area contributed by atoms with Crippen molar-refractivity contribution in [2.75, 3.05) is 18.3 Å². The third kappa shape index (κ3) is 3.21. The zero-order valence-corrected chi connectivity index (χ0v) is 9.48. The Labute approximate surface area is 92.0 Å². The molecular formula is C7H11N3O5S. The largest absolute Gasteiger partial charge is 0.480 e. The molecule has 9 heteroatoms. The standard InChI is InChI=1S/C7H11N3O5S/c1-5-3-6(8-15-5)9-16(13,14)10(2)4-7(11)12/h3H,4H2,1-2H3,(H,8,9)(H,11,12). The lowest BCUT2D eigenvalue weighted by molar-refractivity contribution is -0.137. The van der Waals surface area contributed by atoms with Crippen molar-refractivity contribution < 1.29 is 22.8 Å². The number of likely N-dealkylation sites (N-methyl/N-ethyl adjacent to an activating group) is 1. The van der Waals surface area contributed by atoms with Crippen molar-refractivity contribution in [3.8, 4) is 0 Å². The molecule has 1 heterocycles. The number of aliphatic carboxylic acids is 1. The Hall–Kier alpha value is -1.61. The lowest BCUT2D eigenvalue weighted by Crippen LogP contribution is -2.36. The molecule has 0 bridgehead atoms. The van der Waals surface area contributed by atoms with E-state index < -0.39 is 22.7 Å². The van der Waals surface area contributed by atoms with Crippen molar-refractivity contribution >= 4 is 22.0 Å². The number of aryl methyl sites for hydroxylation is 1. The van der Waals surface area contributed by atoms with Gasteiger partial charge in [0.2, 0.25) is 0 Å². The summed E-state index contributed by atoms with van der Waals surface area (Å²) in [5.74, 6) is -0.794. The van der Waals surface area contributed by atoms with E-state index in [1.54, 1.807) is 6.92 Å². The van der Waals surface area contributed by atoms with Crippen LogP contribution in [0.1, 0.15) is 5.76 Å². The Morgan fingerprint density at radius 3 is 2.75 bits per heavy atom. The van der Waals surface area contributed by atoms with E-state index in [4.69, 9.17) is 5.11 Å². The minimum Gasteiger partial charge on any atom is -0.480 e. The predicted octanol–water partition coefficient (Wildman–Crippen LogP) is -0.344. The molecule has 0 aliphatic carbocycles. The van der Waals surface area contributed by atoms with E-state index in [0.717, 1.165) is 7.05 Å². The molecule has 16 heavy (non-hydrogen) atoms. The van der Waals surface area contributed by atoms with Crippen LogP contribution in [0.25, 0.3) is 0 Å². The van der Waals surface area contributed by atoms with E-state index in [1.165, 1.54) is 6.07 Å². The molecule has 2 N–H and O–H groups in total. The summed E-state index contributed by atoms with van der Waals surface area (Å²) in [7, 11) is -2.77. The maximum atomic E-state index is 11.5. The molecule has 0 saturated carbocycles. The fourth-order valence-electron chi connectivity index (χ4n) is 0.900. The predicted molar refractivity (Wildman–Crippen MR) is 54.0 cm³/mol. The number of carboxylic acid groups (broad SMARTS) is 1. The van der Waals surface area contributed by atoms with Crippen LogP contribution in [0.5, 0.6) is 0 Å². The summed E-state index contributed by atoms with van der Waals surface area (Å²) in [5, 5.41) is 11.9. The van der Waals surface area contributed by atoms with Crippen LogP contribution in [0, 0.1) is 6.92 Å². The Morgan fingerprint density at radius 2 is 2.31 bits per heavy atom. The quantitative estimate of drug-likeness (QED) is 0.737. The smallest absolute Gasteiger partial charge is 0.318 e. The van der Waals surface area contributed by atoms with E-state index in [1.807, 2.05) is 0 Å². The van der Waals surface area contributed by atoms with Crippen LogP contribution in [0.2, 0.25) is 0 Å². The van der Waals surface area contributed by atoms with E-state index in [9.17, 15) is 13.2 Å². The van der Waals surface area contributed by atoms with Gasteiger partial charge < -0.3 is 9.63 Å². The topological polar surface area (TPSA) is 113 Å². The fourth-order valence-corrected chi connectivity index (χ4v) is 1.70. The maximum absolute atomic E-state index is 11.5.